The van der Waals surface area contributed by atoms with Gasteiger partial charge in [-0.2, -0.15) is 0 Å². The zero-order valence-corrected chi connectivity index (χ0v) is 17.8. The molecule has 0 atom stereocenters. The zero-order valence-electron chi connectivity index (χ0n) is 16.2. The molecule has 7 heteroatoms. The summed E-state index contributed by atoms with van der Waals surface area (Å²) in [6.07, 6.45) is 3.68. The van der Waals surface area contributed by atoms with Crippen LogP contribution in [0.3, 0.4) is 0 Å². The third-order valence-corrected chi connectivity index (χ3v) is 5.88. The second kappa shape index (κ2) is 10.2. The molecule has 1 aromatic rings. The zero-order chi connectivity index (χ0) is 19.9. The maximum atomic E-state index is 12.0. The minimum atomic E-state index is -0.0881. The van der Waals surface area contributed by atoms with Crippen molar-refractivity contribution >= 4 is 40.3 Å². The summed E-state index contributed by atoms with van der Waals surface area (Å²) in [5.41, 5.74) is 2.07. The number of nitrogens with zero attached hydrogens (tertiary/aromatic N) is 2. The first kappa shape index (κ1) is 21.1. The van der Waals surface area contributed by atoms with E-state index in [-0.39, 0.29) is 11.9 Å². The number of hydrogen-bond acceptors (Lipinski definition) is 5. The second-order valence-electron chi connectivity index (χ2n) is 7.02. The van der Waals surface area contributed by atoms with Gasteiger partial charge in [-0.15, -0.1) is 0 Å². The van der Waals surface area contributed by atoms with Gasteiger partial charge in [-0.3, -0.25) is 4.79 Å². The van der Waals surface area contributed by atoms with E-state index in [0.29, 0.717) is 11.6 Å². The topological polar surface area (TPSA) is 42.0 Å². The number of halogens is 1. The molecule has 0 unspecified atom stereocenters. The van der Waals surface area contributed by atoms with Crippen molar-refractivity contribution in [2.24, 2.45) is 5.92 Å². The van der Waals surface area contributed by atoms with Crippen molar-refractivity contribution in [3.63, 3.8) is 0 Å². The van der Waals surface area contributed by atoms with E-state index in [2.05, 4.69) is 16.0 Å². The number of carbonyl (C=O) groups excluding carboxylic acids is 1. The van der Waals surface area contributed by atoms with Gasteiger partial charge in [0.05, 0.1) is 25.7 Å². The predicted molar refractivity (Wildman–Crippen MR) is 115 cm³/mol. The van der Waals surface area contributed by atoms with E-state index in [1.54, 1.807) is 0 Å². The average Bonchev–Trinajstić information content (AvgIpc) is 2.73. The van der Waals surface area contributed by atoms with Gasteiger partial charge >= 0.3 is 5.97 Å². The van der Waals surface area contributed by atoms with Crippen molar-refractivity contribution in [2.75, 3.05) is 46.0 Å². The van der Waals surface area contributed by atoms with E-state index in [4.69, 9.17) is 33.3 Å². The van der Waals surface area contributed by atoms with Crippen molar-refractivity contribution in [3.05, 3.63) is 41.1 Å². The summed E-state index contributed by atoms with van der Waals surface area (Å²) < 4.78 is 10.6. The van der Waals surface area contributed by atoms with Gasteiger partial charge in [-0.1, -0.05) is 36.0 Å². The van der Waals surface area contributed by atoms with Gasteiger partial charge in [0.1, 0.15) is 4.99 Å². The molecule has 1 aromatic carbocycles. The Morgan fingerprint density at radius 2 is 1.86 bits per heavy atom. The summed E-state index contributed by atoms with van der Waals surface area (Å²) in [6.45, 7) is 6.95. The number of ether oxygens (including phenoxy) is 2. The number of likely N-dealkylation sites (tertiary alicyclic amines) is 1. The van der Waals surface area contributed by atoms with Crippen molar-refractivity contribution in [2.45, 2.75) is 19.8 Å². The Balaban J connectivity index is 1.74. The standard InChI is InChI=1S/C21H27ClN2O3S/c1-2-27-21(25)17-7-9-24(10-8-17)20(28)19(15-23-11-13-26-14-12-23)16-3-5-18(22)6-4-16/h3-6,15,17H,2,7-14H2,1H3/b19-15+. The van der Waals surface area contributed by atoms with Crippen molar-refractivity contribution in [1.82, 2.24) is 9.80 Å². The van der Waals surface area contributed by atoms with Crippen LogP contribution in [-0.2, 0) is 14.3 Å². The summed E-state index contributed by atoms with van der Waals surface area (Å²) in [4.78, 5) is 17.3. The molecule has 0 aromatic heterocycles. The molecule has 0 amide bonds. The van der Waals surface area contributed by atoms with Crippen LogP contribution < -0.4 is 0 Å². The van der Waals surface area contributed by atoms with E-state index in [9.17, 15) is 4.79 Å². The van der Waals surface area contributed by atoms with Crippen LogP contribution in [0.2, 0.25) is 5.02 Å². The summed E-state index contributed by atoms with van der Waals surface area (Å²) >= 11 is 12.0. The molecule has 2 heterocycles. The molecule has 0 spiro atoms. The summed E-state index contributed by atoms with van der Waals surface area (Å²) in [7, 11) is 0. The number of benzene rings is 1. The molecule has 5 nitrogen and oxygen atoms in total. The Kier molecular flexibility index (Phi) is 7.71. The lowest BCUT2D eigenvalue weighted by Crippen LogP contribution is -2.41. The molecule has 2 aliphatic heterocycles. The van der Waals surface area contributed by atoms with E-state index < -0.39 is 0 Å². The molecule has 152 valence electrons. The lowest BCUT2D eigenvalue weighted by Gasteiger charge is -2.34. The van der Waals surface area contributed by atoms with E-state index in [1.165, 1.54) is 0 Å². The SMILES string of the molecule is CCOC(=O)C1CCN(C(=S)/C(=C/N2CCOCC2)c2ccc(Cl)cc2)CC1. The van der Waals surface area contributed by atoms with Gasteiger partial charge in [-0.05, 0) is 37.5 Å². The van der Waals surface area contributed by atoms with Crippen LogP contribution in [0.5, 0.6) is 0 Å². The number of thiocarbonyl (C=S) groups is 1. The van der Waals surface area contributed by atoms with Gasteiger partial charge in [0.2, 0.25) is 0 Å². The van der Waals surface area contributed by atoms with Crippen molar-refractivity contribution in [3.8, 4) is 0 Å². The minimum absolute atomic E-state index is 0.0267. The third kappa shape index (κ3) is 5.46. The molecule has 0 N–H and O–H groups in total. The van der Waals surface area contributed by atoms with E-state index >= 15 is 0 Å². The lowest BCUT2D eigenvalue weighted by molar-refractivity contribution is -0.149. The molecular weight excluding hydrogens is 396 g/mol. The predicted octanol–water partition coefficient (Wildman–Crippen LogP) is 3.62. The number of hydrogen-bond donors (Lipinski definition) is 0. The van der Waals surface area contributed by atoms with Crippen LogP contribution in [0.1, 0.15) is 25.3 Å². The lowest BCUT2D eigenvalue weighted by atomic mass is 9.96. The third-order valence-electron chi connectivity index (χ3n) is 5.15. The Bertz CT molecular complexity index is 709. The molecule has 0 aliphatic carbocycles. The van der Waals surface area contributed by atoms with Gasteiger partial charge in [0, 0.05) is 43.0 Å². The van der Waals surface area contributed by atoms with Crippen LogP contribution >= 0.6 is 23.8 Å². The van der Waals surface area contributed by atoms with Crippen LogP contribution in [0.15, 0.2) is 30.5 Å². The molecule has 0 bridgehead atoms. The molecular formula is C21H27ClN2O3S. The number of piperidine rings is 1. The Labute approximate surface area is 177 Å². The van der Waals surface area contributed by atoms with Crippen LogP contribution in [0.25, 0.3) is 5.57 Å². The highest BCUT2D eigenvalue weighted by Crippen LogP contribution is 2.26. The molecule has 2 aliphatic rings. The maximum Gasteiger partial charge on any atom is 0.309 e. The van der Waals surface area contributed by atoms with Crippen LogP contribution in [0, 0.1) is 5.92 Å². The first-order chi connectivity index (χ1) is 13.6. The van der Waals surface area contributed by atoms with Crippen molar-refractivity contribution in [1.29, 1.82) is 0 Å². The number of rotatable bonds is 5. The minimum Gasteiger partial charge on any atom is -0.466 e. The summed E-state index contributed by atoms with van der Waals surface area (Å²) in [5.74, 6) is -0.115. The average molecular weight is 423 g/mol. The smallest absolute Gasteiger partial charge is 0.309 e. The van der Waals surface area contributed by atoms with Crippen molar-refractivity contribution < 1.29 is 14.3 Å². The molecule has 28 heavy (non-hydrogen) atoms. The quantitative estimate of drug-likeness (QED) is 0.410. The van der Waals surface area contributed by atoms with Gasteiger partial charge in [-0.25, -0.2) is 0 Å². The molecule has 0 saturated carbocycles. The fourth-order valence-electron chi connectivity index (χ4n) is 3.52. The van der Waals surface area contributed by atoms with Crippen LogP contribution in [0.4, 0.5) is 0 Å². The summed E-state index contributed by atoms with van der Waals surface area (Å²) in [6, 6.07) is 7.79. The first-order valence-corrected chi connectivity index (χ1v) is 10.6. The second-order valence-corrected chi connectivity index (χ2v) is 7.84. The maximum absolute atomic E-state index is 12.0. The number of morpholine rings is 1. The highest BCUT2D eigenvalue weighted by atomic mass is 35.5. The Hall–Kier alpha value is -1.63. The molecule has 2 saturated heterocycles. The van der Waals surface area contributed by atoms with Gasteiger partial charge < -0.3 is 19.3 Å². The van der Waals surface area contributed by atoms with Crippen LogP contribution in [-0.4, -0.2) is 66.8 Å². The molecule has 2 fully saturated rings. The van der Waals surface area contributed by atoms with Gasteiger partial charge in [0.15, 0.2) is 0 Å². The highest BCUT2D eigenvalue weighted by molar-refractivity contribution is 7.81. The fourth-order valence-corrected chi connectivity index (χ4v) is 4.00. The van der Waals surface area contributed by atoms with E-state index in [1.807, 2.05) is 31.2 Å². The largest absolute Gasteiger partial charge is 0.466 e. The van der Waals surface area contributed by atoms with E-state index in [0.717, 1.165) is 68.4 Å². The monoisotopic (exact) mass is 422 g/mol. The normalized spacial score (nSPS) is 18.9. The Morgan fingerprint density at radius 3 is 2.46 bits per heavy atom. The number of esters is 1. The Morgan fingerprint density at radius 1 is 1.21 bits per heavy atom. The fraction of sp³-hybridized carbons (Fsp3) is 0.524. The molecule has 0 radical (unpaired) electrons. The summed E-state index contributed by atoms with van der Waals surface area (Å²) in [5, 5.41) is 0.704. The molecule has 3 rings (SSSR count). The highest BCUT2D eigenvalue weighted by Gasteiger charge is 2.28. The van der Waals surface area contributed by atoms with Gasteiger partial charge in [0.25, 0.3) is 0 Å². The number of carbonyl (C=O) groups is 1. The first-order valence-electron chi connectivity index (χ1n) is 9.84.